The number of aromatic nitrogens is 1. The van der Waals surface area contributed by atoms with E-state index in [0.717, 1.165) is 6.08 Å². The number of amides is 1. The normalized spacial score (nSPS) is 11.9. The van der Waals surface area contributed by atoms with Gasteiger partial charge < -0.3 is 0 Å². The van der Waals surface area contributed by atoms with Crippen LogP contribution >= 0.6 is 0 Å². The van der Waals surface area contributed by atoms with Gasteiger partial charge in [-0.3, -0.25) is 10.0 Å². The maximum atomic E-state index is 12.8. The molecule has 6 nitrogen and oxygen atoms in total. The fourth-order valence-electron chi connectivity index (χ4n) is 2.43. The zero-order chi connectivity index (χ0) is 17.2. The van der Waals surface area contributed by atoms with Crippen LogP contribution in [0.4, 0.5) is 0 Å². The van der Waals surface area contributed by atoms with Crippen molar-refractivity contribution in [3.05, 3.63) is 72.4 Å². The molecule has 0 aliphatic carbocycles. The van der Waals surface area contributed by atoms with E-state index in [1.54, 1.807) is 42.5 Å². The van der Waals surface area contributed by atoms with E-state index >= 15 is 0 Å². The molecule has 1 heterocycles. The van der Waals surface area contributed by atoms with Gasteiger partial charge in [-0.2, -0.15) is 0 Å². The summed E-state index contributed by atoms with van der Waals surface area (Å²) >= 11 is 0. The topological polar surface area (TPSA) is 88.4 Å². The molecule has 24 heavy (non-hydrogen) atoms. The largest absolute Gasteiger partial charge is 0.288 e. The minimum Gasteiger partial charge on any atom is -0.288 e. The number of fused-ring (bicyclic) bond motifs is 1. The summed E-state index contributed by atoms with van der Waals surface area (Å²) in [4.78, 5) is 11.3. The summed E-state index contributed by atoms with van der Waals surface area (Å²) in [6.07, 6.45) is 4.15. The van der Waals surface area contributed by atoms with E-state index < -0.39 is 15.9 Å². The lowest BCUT2D eigenvalue weighted by atomic mass is 10.1. The highest BCUT2D eigenvalue weighted by atomic mass is 32.2. The Hall–Kier alpha value is -2.90. The molecule has 3 rings (SSSR count). The highest BCUT2D eigenvalue weighted by molar-refractivity contribution is 7.90. The Bertz CT molecular complexity index is 1020. The molecule has 2 aromatic carbocycles. The summed E-state index contributed by atoms with van der Waals surface area (Å²) in [5.74, 6) is -0.664. The van der Waals surface area contributed by atoms with E-state index in [0.29, 0.717) is 16.5 Å². The van der Waals surface area contributed by atoms with Crippen molar-refractivity contribution in [3.8, 4) is 0 Å². The van der Waals surface area contributed by atoms with Crippen LogP contribution in [0, 0.1) is 0 Å². The first kappa shape index (κ1) is 16.0. The van der Waals surface area contributed by atoms with E-state index in [-0.39, 0.29) is 4.90 Å². The first-order chi connectivity index (χ1) is 11.5. The van der Waals surface area contributed by atoms with E-state index in [1.165, 1.54) is 33.9 Å². The number of benzene rings is 2. The monoisotopic (exact) mass is 342 g/mol. The van der Waals surface area contributed by atoms with Gasteiger partial charge in [0.2, 0.25) is 0 Å². The van der Waals surface area contributed by atoms with Crippen molar-refractivity contribution in [2.24, 2.45) is 0 Å². The summed E-state index contributed by atoms with van der Waals surface area (Å²) in [5, 5.41) is 9.21. The smallest absolute Gasteiger partial charge is 0.268 e. The maximum Gasteiger partial charge on any atom is 0.268 e. The second kappa shape index (κ2) is 6.31. The first-order valence-electron chi connectivity index (χ1n) is 7.07. The highest BCUT2D eigenvalue weighted by Crippen LogP contribution is 2.25. The van der Waals surface area contributed by atoms with Crippen molar-refractivity contribution in [1.82, 2.24) is 9.45 Å². The third kappa shape index (κ3) is 2.82. The Morgan fingerprint density at radius 2 is 1.79 bits per heavy atom. The molecule has 2 N–H and O–H groups in total. The van der Waals surface area contributed by atoms with Crippen molar-refractivity contribution < 1.29 is 18.4 Å². The quantitative estimate of drug-likeness (QED) is 0.433. The molecule has 1 aromatic heterocycles. The van der Waals surface area contributed by atoms with E-state index in [9.17, 15) is 13.2 Å². The summed E-state index contributed by atoms with van der Waals surface area (Å²) in [5.41, 5.74) is 2.68. The van der Waals surface area contributed by atoms with Crippen LogP contribution in [-0.4, -0.2) is 23.5 Å². The maximum absolute atomic E-state index is 12.8. The number of hydrogen-bond acceptors (Lipinski definition) is 4. The molecule has 3 aromatic rings. The van der Waals surface area contributed by atoms with Gasteiger partial charge in [-0.05, 0) is 35.9 Å². The van der Waals surface area contributed by atoms with Crippen molar-refractivity contribution in [2.75, 3.05) is 0 Å². The van der Waals surface area contributed by atoms with Crippen molar-refractivity contribution >= 4 is 32.9 Å². The number of nitrogens with zero attached hydrogens (tertiary/aromatic N) is 1. The van der Waals surface area contributed by atoms with Gasteiger partial charge in [-0.25, -0.2) is 17.9 Å². The number of rotatable bonds is 4. The lowest BCUT2D eigenvalue weighted by Crippen LogP contribution is -2.14. The molecule has 1 amide bonds. The Labute approximate surface area is 138 Å². The fourth-order valence-corrected chi connectivity index (χ4v) is 3.80. The Kier molecular flexibility index (Phi) is 4.20. The molecular weight excluding hydrogens is 328 g/mol. The SMILES string of the molecule is O=C(C=Cc1cccc2c1ccn2S(=O)(=O)c1ccccc1)NO. The van der Waals surface area contributed by atoms with Gasteiger partial charge in [0.15, 0.2) is 0 Å². The molecule has 0 radical (unpaired) electrons. The lowest BCUT2D eigenvalue weighted by molar-refractivity contribution is -0.124. The first-order valence-corrected chi connectivity index (χ1v) is 8.51. The lowest BCUT2D eigenvalue weighted by Gasteiger charge is -2.08. The van der Waals surface area contributed by atoms with Crippen molar-refractivity contribution in [1.29, 1.82) is 0 Å². The molecule has 7 heteroatoms. The number of nitrogens with one attached hydrogen (secondary N) is 1. The van der Waals surface area contributed by atoms with Crippen molar-refractivity contribution in [3.63, 3.8) is 0 Å². The van der Waals surface area contributed by atoms with Crippen LogP contribution in [0.3, 0.4) is 0 Å². The van der Waals surface area contributed by atoms with E-state index in [4.69, 9.17) is 5.21 Å². The van der Waals surface area contributed by atoms with Gasteiger partial charge in [0.05, 0.1) is 10.4 Å². The second-order valence-corrected chi connectivity index (χ2v) is 6.83. The van der Waals surface area contributed by atoms with E-state index in [2.05, 4.69) is 0 Å². The zero-order valence-corrected chi connectivity index (χ0v) is 13.3. The second-order valence-electron chi connectivity index (χ2n) is 5.02. The van der Waals surface area contributed by atoms with Crippen LogP contribution in [-0.2, 0) is 14.8 Å². The molecule has 0 unspecified atom stereocenters. The highest BCUT2D eigenvalue weighted by Gasteiger charge is 2.18. The summed E-state index contributed by atoms with van der Waals surface area (Å²) in [6, 6.07) is 15.0. The fraction of sp³-hybridized carbons (Fsp3) is 0. The third-order valence-electron chi connectivity index (χ3n) is 3.56. The van der Waals surface area contributed by atoms with Crippen LogP contribution < -0.4 is 5.48 Å². The molecule has 0 fully saturated rings. The Balaban J connectivity index is 2.13. The molecule has 0 saturated heterocycles. The van der Waals surface area contributed by atoms with E-state index in [1.807, 2.05) is 0 Å². The molecule has 0 aliphatic heterocycles. The average Bonchev–Trinajstić information content (AvgIpc) is 3.05. The minimum absolute atomic E-state index is 0.197. The number of carbonyl (C=O) groups is 1. The van der Waals surface area contributed by atoms with Crippen LogP contribution in [0.5, 0.6) is 0 Å². The molecule has 0 atom stereocenters. The standard InChI is InChI=1S/C17H14N2O4S/c20-17(18-21)10-9-13-5-4-8-16-15(13)11-12-19(16)24(22,23)14-6-2-1-3-7-14/h1-12,21H,(H,18,20). The van der Waals surface area contributed by atoms with Crippen molar-refractivity contribution in [2.45, 2.75) is 4.90 Å². The summed E-state index contributed by atoms with van der Waals surface area (Å²) < 4.78 is 26.8. The number of hydrogen-bond donors (Lipinski definition) is 2. The Morgan fingerprint density at radius 3 is 2.50 bits per heavy atom. The van der Waals surface area contributed by atoms with Gasteiger partial charge in [-0.1, -0.05) is 30.3 Å². The molecule has 122 valence electrons. The van der Waals surface area contributed by atoms with Gasteiger partial charge in [0, 0.05) is 17.7 Å². The van der Waals surface area contributed by atoms with Gasteiger partial charge in [-0.15, -0.1) is 0 Å². The summed E-state index contributed by atoms with van der Waals surface area (Å²) in [7, 11) is -3.70. The molecule has 0 saturated carbocycles. The molecule has 0 bridgehead atoms. The van der Waals surface area contributed by atoms with Gasteiger partial charge in [0.25, 0.3) is 15.9 Å². The number of hydroxylamine groups is 1. The predicted molar refractivity (Wildman–Crippen MR) is 89.9 cm³/mol. The summed E-state index contributed by atoms with van der Waals surface area (Å²) in [6.45, 7) is 0. The molecular formula is C17H14N2O4S. The third-order valence-corrected chi connectivity index (χ3v) is 5.26. The predicted octanol–water partition coefficient (Wildman–Crippen LogP) is 2.40. The zero-order valence-electron chi connectivity index (χ0n) is 12.5. The number of carbonyl (C=O) groups excluding carboxylic acids is 1. The van der Waals surface area contributed by atoms with Crippen LogP contribution in [0.15, 0.2) is 71.8 Å². The van der Waals surface area contributed by atoms with Crippen LogP contribution in [0.2, 0.25) is 0 Å². The Morgan fingerprint density at radius 1 is 1.04 bits per heavy atom. The van der Waals surface area contributed by atoms with Crippen LogP contribution in [0.25, 0.3) is 17.0 Å². The van der Waals surface area contributed by atoms with Gasteiger partial charge in [0.1, 0.15) is 0 Å². The average molecular weight is 342 g/mol. The molecule has 0 aliphatic rings. The minimum atomic E-state index is -3.70. The molecule has 0 spiro atoms. The van der Waals surface area contributed by atoms with Crippen LogP contribution in [0.1, 0.15) is 5.56 Å². The van der Waals surface area contributed by atoms with Gasteiger partial charge >= 0.3 is 0 Å².